The summed E-state index contributed by atoms with van der Waals surface area (Å²) in [5, 5.41) is 7.28. The van der Waals surface area contributed by atoms with Gasteiger partial charge in [0.15, 0.2) is 15.7 Å². The number of benzene rings is 1. The van der Waals surface area contributed by atoms with Crippen LogP contribution < -0.4 is 0 Å². The second-order valence-corrected chi connectivity index (χ2v) is 7.69. The molecule has 1 aromatic carbocycles. The van der Waals surface area contributed by atoms with E-state index >= 15 is 0 Å². The molecule has 1 N–H and O–H groups in total. The number of aromatic nitrogens is 3. The summed E-state index contributed by atoms with van der Waals surface area (Å²) in [5.41, 5.74) is 0.733. The van der Waals surface area contributed by atoms with Crippen molar-refractivity contribution < 1.29 is 8.42 Å². The summed E-state index contributed by atoms with van der Waals surface area (Å²) >= 11 is 0. The lowest BCUT2D eigenvalue weighted by atomic mass is 9.89. The number of aromatic amines is 1. The van der Waals surface area contributed by atoms with Crippen molar-refractivity contribution in [1.82, 2.24) is 15.2 Å². The van der Waals surface area contributed by atoms with Crippen molar-refractivity contribution in [2.75, 3.05) is 6.26 Å². The van der Waals surface area contributed by atoms with Gasteiger partial charge in [0.2, 0.25) is 0 Å². The second kappa shape index (κ2) is 5.60. The zero-order valence-corrected chi connectivity index (χ0v) is 12.9. The van der Waals surface area contributed by atoms with E-state index in [1.807, 2.05) is 6.07 Å². The van der Waals surface area contributed by atoms with E-state index in [2.05, 4.69) is 15.2 Å². The van der Waals surface area contributed by atoms with Crippen molar-refractivity contribution in [2.45, 2.75) is 42.9 Å². The van der Waals surface area contributed by atoms with Gasteiger partial charge < -0.3 is 0 Å². The van der Waals surface area contributed by atoms with Gasteiger partial charge in [0.1, 0.15) is 5.82 Å². The third-order valence-corrected chi connectivity index (χ3v) is 5.13. The molecule has 1 aromatic heterocycles. The van der Waals surface area contributed by atoms with E-state index in [1.165, 1.54) is 25.5 Å². The van der Waals surface area contributed by atoms with Crippen LogP contribution in [0.3, 0.4) is 0 Å². The van der Waals surface area contributed by atoms with Crippen LogP contribution in [0.5, 0.6) is 0 Å². The Bertz CT molecular complexity index is 731. The normalized spacial score (nSPS) is 17.0. The second-order valence-electron chi connectivity index (χ2n) is 5.68. The topological polar surface area (TPSA) is 75.7 Å². The van der Waals surface area contributed by atoms with Gasteiger partial charge in [-0.15, -0.1) is 0 Å². The van der Waals surface area contributed by atoms with Gasteiger partial charge in [0.05, 0.1) is 4.90 Å². The number of nitrogens with one attached hydrogen (secondary N) is 1. The lowest BCUT2D eigenvalue weighted by Gasteiger charge is -2.18. The number of sulfone groups is 1. The monoisotopic (exact) mass is 305 g/mol. The molecule has 3 rings (SSSR count). The van der Waals surface area contributed by atoms with Crippen molar-refractivity contribution in [3.63, 3.8) is 0 Å². The molecule has 0 radical (unpaired) electrons. The summed E-state index contributed by atoms with van der Waals surface area (Å²) < 4.78 is 23.2. The molecule has 0 aliphatic heterocycles. The molecule has 1 fully saturated rings. The molecule has 112 valence electrons. The molecule has 5 nitrogen and oxygen atoms in total. The Kier molecular flexibility index (Phi) is 3.80. The number of hydrogen-bond acceptors (Lipinski definition) is 4. The van der Waals surface area contributed by atoms with Crippen molar-refractivity contribution in [1.29, 1.82) is 0 Å². The highest BCUT2D eigenvalue weighted by Crippen LogP contribution is 2.31. The first kappa shape index (κ1) is 14.3. The van der Waals surface area contributed by atoms with Gasteiger partial charge in [0, 0.05) is 17.7 Å². The minimum atomic E-state index is -3.21. The number of nitrogens with zero attached hydrogens (tertiary/aromatic N) is 2. The smallest absolute Gasteiger partial charge is 0.181 e. The highest BCUT2D eigenvalue weighted by Gasteiger charge is 2.19. The van der Waals surface area contributed by atoms with Crippen LogP contribution in [0.4, 0.5) is 0 Å². The first-order valence-electron chi connectivity index (χ1n) is 7.27. The maximum atomic E-state index is 11.6. The van der Waals surface area contributed by atoms with Gasteiger partial charge >= 0.3 is 0 Å². The van der Waals surface area contributed by atoms with E-state index in [0.717, 1.165) is 24.2 Å². The Hall–Kier alpha value is -1.69. The van der Waals surface area contributed by atoms with Crippen LogP contribution in [0.15, 0.2) is 29.2 Å². The van der Waals surface area contributed by atoms with Crippen molar-refractivity contribution in [2.24, 2.45) is 0 Å². The zero-order chi connectivity index (χ0) is 14.9. The molecule has 21 heavy (non-hydrogen) atoms. The minimum Gasteiger partial charge on any atom is -0.262 e. The quantitative estimate of drug-likeness (QED) is 0.946. The van der Waals surface area contributed by atoms with E-state index in [4.69, 9.17) is 0 Å². The third kappa shape index (κ3) is 3.15. The average Bonchev–Trinajstić information content (AvgIpc) is 2.97. The first-order valence-corrected chi connectivity index (χ1v) is 9.16. The molecule has 0 amide bonds. The fraction of sp³-hybridized carbons (Fsp3) is 0.467. The molecule has 1 aliphatic rings. The average molecular weight is 305 g/mol. The molecule has 0 saturated heterocycles. The van der Waals surface area contributed by atoms with Gasteiger partial charge in [-0.1, -0.05) is 31.4 Å². The lowest BCUT2D eigenvalue weighted by molar-refractivity contribution is 0.429. The SMILES string of the molecule is CS(=O)(=O)c1cccc(-c2n[nH]c(C3CCCCC3)n2)c1. The predicted octanol–water partition coefficient (Wildman–Crippen LogP) is 2.92. The van der Waals surface area contributed by atoms with Crippen LogP contribution in [-0.4, -0.2) is 29.9 Å². The van der Waals surface area contributed by atoms with E-state index < -0.39 is 9.84 Å². The summed E-state index contributed by atoms with van der Waals surface area (Å²) in [6, 6.07) is 6.78. The number of rotatable bonds is 3. The van der Waals surface area contributed by atoms with Crippen molar-refractivity contribution in [3.8, 4) is 11.4 Å². The highest BCUT2D eigenvalue weighted by atomic mass is 32.2. The summed E-state index contributed by atoms with van der Waals surface area (Å²) in [6.45, 7) is 0. The maximum Gasteiger partial charge on any atom is 0.181 e. The summed E-state index contributed by atoms with van der Waals surface area (Å²) in [7, 11) is -3.21. The van der Waals surface area contributed by atoms with Crippen LogP contribution in [0.2, 0.25) is 0 Å². The Morgan fingerprint density at radius 2 is 1.95 bits per heavy atom. The Morgan fingerprint density at radius 1 is 1.19 bits per heavy atom. The molecular formula is C15H19N3O2S. The molecule has 1 saturated carbocycles. The maximum absolute atomic E-state index is 11.6. The lowest BCUT2D eigenvalue weighted by Crippen LogP contribution is -2.06. The number of H-pyrrole nitrogens is 1. The fourth-order valence-electron chi connectivity index (χ4n) is 2.83. The van der Waals surface area contributed by atoms with Crippen LogP contribution in [0.1, 0.15) is 43.8 Å². The first-order chi connectivity index (χ1) is 10.0. The van der Waals surface area contributed by atoms with Gasteiger partial charge in [-0.25, -0.2) is 13.4 Å². The van der Waals surface area contributed by atoms with E-state index in [1.54, 1.807) is 18.2 Å². The Labute approximate surface area is 124 Å². The van der Waals surface area contributed by atoms with Gasteiger partial charge in [-0.2, -0.15) is 5.10 Å². The molecule has 1 heterocycles. The molecule has 0 spiro atoms. The van der Waals surface area contributed by atoms with Gasteiger partial charge in [0.25, 0.3) is 0 Å². The fourth-order valence-corrected chi connectivity index (χ4v) is 3.49. The predicted molar refractivity (Wildman–Crippen MR) is 80.8 cm³/mol. The van der Waals surface area contributed by atoms with Crippen LogP contribution in [-0.2, 0) is 9.84 Å². The standard InChI is InChI=1S/C15H19N3O2S/c1-21(19,20)13-9-5-8-12(10-13)15-16-14(17-18-15)11-6-3-2-4-7-11/h5,8-11H,2-4,6-7H2,1H3,(H,16,17,18). The molecule has 6 heteroatoms. The van der Waals surface area contributed by atoms with Gasteiger partial charge in [-0.05, 0) is 25.0 Å². The Balaban J connectivity index is 1.89. The van der Waals surface area contributed by atoms with Crippen molar-refractivity contribution in [3.05, 3.63) is 30.1 Å². The summed E-state index contributed by atoms with van der Waals surface area (Å²) in [5.74, 6) is 1.95. The third-order valence-electron chi connectivity index (χ3n) is 4.01. The van der Waals surface area contributed by atoms with Crippen molar-refractivity contribution >= 4 is 9.84 Å². The molecule has 0 atom stereocenters. The highest BCUT2D eigenvalue weighted by molar-refractivity contribution is 7.90. The largest absolute Gasteiger partial charge is 0.262 e. The Morgan fingerprint density at radius 3 is 2.67 bits per heavy atom. The van der Waals surface area contributed by atoms with Gasteiger partial charge in [-0.3, -0.25) is 5.10 Å². The van der Waals surface area contributed by atoms with E-state index in [0.29, 0.717) is 16.6 Å². The van der Waals surface area contributed by atoms with E-state index in [9.17, 15) is 8.42 Å². The van der Waals surface area contributed by atoms with E-state index in [-0.39, 0.29) is 0 Å². The van der Waals surface area contributed by atoms with Crippen LogP contribution >= 0.6 is 0 Å². The molecule has 0 unspecified atom stereocenters. The zero-order valence-electron chi connectivity index (χ0n) is 12.0. The summed E-state index contributed by atoms with van der Waals surface area (Å²) in [4.78, 5) is 4.86. The number of hydrogen-bond donors (Lipinski definition) is 1. The summed E-state index contributed by atoms with van der Waals surface area (Å²) in [6.07, 6.45) is 7.29. The molecule has 0 bridgehead atoms. The minimum absolute atomic E-state index is 0.295. The molecular weight excluding hydrogens is 286 g/mol. The van der Waals surface area contributed by atoms with Crippen LogP contribution in [0, 0.1) is 0 Å². The molecule has 2 aromatic rings. The van der Waals surface area contributed by atoms with Crippen LogP contribution in [0.25, 0.3) is 11.4 Å². The molecule has 1 aliphatic carbocycles.